The van der Waals surface area contributed by atoms with Gasteiger partial charge < -0.3 is 0 Å². The number of fused-ring (bicyclic) bond motifs is 1. The lowest BCUT2D eigenvalue weighted by Gasteiger charge is -2.15. The summed E-state index contributed by atoms with van der Waals surface area (Å²) in [7, 11) is 0. The van der Waals surface area contributed by atoms with Crippen LogP contribution in [0.1, 0.15) is 5.56 Å². The molecule has 7 heteroatoms. The molecule has 2 heterocycles. The first-order chi connectivity index (χ1) is 29.7. The van der Waals surface area contributed by atoms with Crippen LogP contribution in [0.2, 0.25) is 0 Å². The molecule has 0 bridgehead atoms. The lowest BCUT2D eigenvalue weighted by molar-refractivity contribution is 1.07. The highest BCUT2D eigenvalue weighted by atomic mass is 15.0. The summed E-state index contributed by atoms with van der Waals surface area (Å²) in [5.74, 6) is 3.37. The first kappa shape index (κ1) is 35.9. The topological polar surface area (TPSA) is 101 Å². The molecule has 10 aromatic rings. The maximum Gasteiger partial charge on any atom is 0.164 e. The Kier molecular flexibility index (Phi) is 9.47. The summed E-state index contributed by atoms with van der Waals surface area (Å²) in [5, 5.41) is 11.7. The first-order valence-electron chi connectivity index (χ1n) is 19.6. The average Bonchev–Trinajstić information content (AvgIpc) is 3.34. The van der Waals surface area contributed by atoms with Crippen LogP contribution in [-0.4, -0.2) is 29.9 Å². The number of rotatable bonds is 8. The monoisotopic (exact) mass is 767 g/mol. The minimum absolute atomic E-state index is 0.532. The van der Waals surface area contributed by atoms with Crippen LogP contribution < -0.4 is 0 Å². The molecular formula is C53H33N7. The molecule has 0 atom stereocenters. The van der Waals surface area contributed by atoms with E-state index in [-0.39, 0.29) is 0 Å². The van der Waals surface area contributed by atoms with E-state index in [1.165, 1.54) is 0 Å². The Hall–Kier alpha value is -8.47. The Bertz CT molecular complexity index is 3160. The molecule has 0 saturated heterocycles. The molecule has 0 aliphatic rings. The maximum atomic E-state index is 9.82. The fourth-order valence-electron chi connectivity index (χ4n) is 7.57. The fraction of sp³-hybridized carbons (Fsp3) is 0. The van der Waals surface area contributed by atoms with Gasteiger partial charge in [0.15, 0.2) is 34.9 Å². The molecule has 0 unspecified atom stereocenters. The number of nitriles is 1. The van der Waals surface area contributed by atoms with E-state index in [2.05, 4.69) is 48.5 Å². The lowest BCUT2D eigenvalue weighted by atomic mass is 9.94. The van der Waals surface area contributed by atoms with Crippen molar-refractivity contribution in [1.82, 2.24) is 29.9 Å². The van der Waals surface area contributed by atoms with Crippen molar-refractivity contribution in [2.75, 3.05) is 0 Å². The molecule has 7 nitrogen and oxygen atoms in total. The molecule has 0 aliphatic heterocycles. The van der Waals surface area contributed by atoms with Crippen LogP contribution in [0.3, 0.4) is 0 Å². The summed E-state index contributed by atoms with van der Waals surface area (Å²) in [6.45, 7) is 0. The normalized spacial score (nSPS) is 11.0. The molecule has 60 heavy (non-hydrogen) atoms. The van der Waals surface area contributed by atoms with Gasteiger partial charge in [-0.3, -0.25) is 0 Å². The number of benzene rings is 8. The summed E-state index contributed by atoms with van der Waals surface area (Å²) in [6, 6.07) is 68.8. The second-order valence-electron chi connectivity index (χ2n) is 14.2. The zero-order chi connectivity index (χ0) is 40.3. The third kappa shape index (κ3) is 6.95. The second kappa shape index (κ2) is 15.8. The van der Waals surface area contributed by atoms with Crippen molar-refractivity contribution < 1.29 is 0 Å². The van der Waals surface area contributed by atoms with Gasteiger partial charge in [0.25, 0.3) is 0 Å². The quantitative estimate of drug-likeness (QED) is 0.152. The van der Waals surface area contributed by atoms with Crippen LogP contribution in [0.4, 0.5) is 0 Å². The van der Waals surface area contributed by atoms with Gasteiger partial charge in [0.2, 0.25) is 0 Å². The molecule has 0 N–H and O–H groups in total. The van der Waals surface area contributed by atoms with Crippen LogP contribution in [0.15, 0.2) is 200 Å². The van der Waals surface area contributed by atoms with E-state index in [4.69, 9.17) is 29.9 Å². The Morgan fingerprint density at radius 2 is 0.633 bits per heavy atom. The Balaban J connectivity index is 1.14. The average molecular weight is 768 g/mol. The van der Waals surface area contributed by atoms with Gasteiger partial charge in [-0.25, -0.2) is 29.9 Å². The molecule has 0 amide bonds. The predicted octanol–water partition coefficient (Wildman–Crippen LogP) is 12.4. The van der Waals surface area contributed by atoms with Crippen molar-refractivity contribution >= 4 is 10.8 Å². The molecule has 0 spiro atoms. The van der Waals surface area contributed by atoms with Crippen LogP contribution in [-0.2, 0) is 0 Å². The zero-order valence-electron chi connectivity index (χ0n) is 32.2. The van der Waals surface area contributed by atoms with Crippen molar-refractivity contribution in [2.24, 2.45) is 0 Å². The molecular weight excluding hydrogens is 735 g/mol. The molecule has 0 aliphatic carbocycles. The van der Waals surface area contributed by atoms with Gasteiger partial charge >= 0.3 is 0 Å². The van der Waals surface area contributed by atoms with Gasteiger partial charge in [-0.2, -0.15) is 5.26 Å². The number of hydrogen-bond acceptors (Lipinski definition) is 7. The highest BCUT2D eigenvalue weighted by Gasteiger charge is 2.20. The van der Waals surface area contributed by atoms with Crippen LogP contribution in [0.25, 0.3) is 101 Å². The van der Waals surface area contributed by atoms with Crippen LogP contribution in [0, 0.1) is 11.3 Å². The Labute approximate surface area is 347 Å². The van der Waals surface area contributed by atoms with Crippen LogP contribution in [0.5, 0.6) is 0 Å². The van der Waals surface area contributed by atoms with Gasteiger partial charge in [0.05, 0.1) is 11.6 Å². The standard InChI is InChI=1S/C53H33N7/c54-34-40-31-32-42(43-26-11-10-25-41(40)43)38-23-16-24-39(33-38)51-56-50(37-21-8-3-9-22-37)59-53(60-51)47-30-15-13-28-45(47)44-27-12-14-29-46(44)52-57-48(35-17-4-1-5-18-35)55-49(58-52)36-19-6-2-7-20-36/h1-33H. The fourth-order valence-corrected chi connectivity index (χ4v) is 7.57. The van der Waals surface area contributed by atoms with Crippen molar-refractivity contribution in [3.05, 3.63) is 206 Å². The summed E-state index contributed by atoms with van der Waals surface area (Å²) < 4.78 is 0. The van der Waals surface area contributed by atoms with Gasteiger partial charge in [-0.05, 0) is 39.8 Å². The molecule has 280 valence electrons. The second-order valence-corrected chi connectivity index (χ2v) is 14.2. The van der Waals surface area contributed by atoms with Crippen molar-refractivity contribution in [3.63, 3.8) is 0 Å². The zero-order valence-corrected chi connectivity index (χ0v) is 32.2. The Morgan fingerprint density at radius 1 is 0.267 bits per heavy atom. The van der Waals surface area contributed by atoms with Crippen LogP contribution >= 0.6 is 0 Å². The van der Waals surface area contributed by atoms with E-state index < -0.39 is 0 Å². The molecule has 0 saturated carbocycles. The first-order valence-corrected chi connectivity index (χ1v) is 19.6. The van der Waals surface area contributed by atoms with Crippen molar-refractivity contribution in [3.8, 4) is 96.7 Å². The molecule has 2 aromatic heterocycles. The van der Waals surface area contributed by atoms with Crippen molar-refractivity contribution in [1.29, 1.82) is 5.26 Å². The highest BCUT2D eigenvalue weighted by Crippen LogP contribution is 2.39. The lowest BCUT2D eigenvalue weighted by Crippen LogP contribution is -2.02. The number of hydrogen-bond donors (Lipinski definition) is 0. The summed E-state index contributed by atoms with van der Waals surface area (Å²) in [4.78, 5) is 30.5. The summed E-state index contributed by atoms with van der Waals surface area (Å²) >= 11 is 0. The summed E-state index contributed by atoms with van der Waals surface area (Å²) in [6.07, 6.45) is 0. The SMILES string of the molecule is N#Cc1ccc(-c2cccc(-c3nc(-c4ccccc4)nc(-c4ccccc4-c4ccccc4-c4nc(-c5ccccc5)nc(-c5ccccc5)n4)n3)c2)c2ccccc12. The Morgan fingerprint density at radius 3 is 1.12 bits per heavy atom. The van der Waals surface area contributed by atoms with E-state index in [1.54, 1.807) is 0 Å². The maximum absolute atomic E-state index is 9.82. The number of nitrogens with zero attached hydrogens (tertiary/aromatic N) is 7. The van der Waals surface area contributed by atoms with E-state index in [0.717, 1.165) is 66.4 Å². The molecule has 8 aromatic carbocycles. The highest BCUT2D eigenvalue weighted by molar-refractivity contribution is 6.00. The van der Waals surface area contributed by atoms with Gasteiger partial charge in [0.1, 0.15) is 0 Å². The molecule has 10 rings (SSSR count). The molecule has 0 radical (unpaired) electrons. The minimum Gasteiger partial charge on any atom is -0.208 e. The third-order valence-electron chi connectivity index (χ3n) is 10.5. The van der Waals surface area contributed by atoms with Gasteiger partial charge in [-0.1, -0.05) is 188 Å². The predicted molar refractivity (Wildman–Crippen MR) is 239 cm³/mol. The number of aromatic nitrogens is 6. The van der Waals surface area contributed by atoms with E-state index >= 15 is 0 Å². The van der Waals surface area contributed by atoms with E-state index in [0.29, 0.717) is 40.5 Å². The van der Waals surface area contributed by atoms with E-state index in [1.807, 2.05) is 158 Å². The van der Waals surface area contributed by atoms with Gasteiger partial charge in [0, 0.05) is 38.8 Å². The largest absolute Gasteiger partial charge is 0.208 e. The minimum atomic E-state index is 0.532. The third-order valence-corrected chi connectivity index (χ3v) is 10.5. The van der Waals surface area contributed by atoms with Gasteiger partial charge in [-0.15, -0.1) is 0 Å². The van der Waals surface area contributed by atoms with E-state index in [9.17, 15) is 5.26 Å². The molecule has 0 fully saturated rings. The smallest absolute Gasteiger partial charge is 0.164 e. The van der Waals surface area contributed by atoms with Crippen molar-refractivity contribution in [2.45, 2.75) is 0 Å². The summed E-state index contributed by atoms with van der Waals surface area (Å²) in [5.41, 5.74) is 9.71.